The molecule has 2 N–H and O–H groups in total. The van der Waals surface area contributed by atoms with Gasteiger partial charge in [-0.1, -0.05) is 0 Å². The maximum Gasteiger partial charge on any atom is 0.0776 e. The number of rotatable bonds is 6. The average molecular weight is 226 g/mol. The molecule has 0 aromatic heterocycles. The predicted molar refractivity (Wildman–Crippen MR) is 60.3 cm³/mol. The smallest absolute Gasteiger partial charge is 0.0776 e. The topological polar surface area (TPSA) is 68.4 Å². The summed E-state index contributed by atoms with van der Waals surface area (Å²) in [5.74, 6) is 0. The molecule has 96 valence electrons. The van der Waals surface area contributed by atoms with Crippen LogP contribution in [0.3, 0.4) is 0 Å². The van der Waals surface area contributed by atoms with Crippen LogP contribution in [0.15, 0.2) is 0 Å². The summed E-state index contributed by atoms with van der Waals surface area (Å²) in [5.41, 5.74) is 0. The SMILES string of the molecule is COCC(C)OC.COCC(C)OC.O. The van der Waals surface area contributed by atoms with Crippen molar-refractivity contribution in [3.8, 4) is 0 Å². The normalized spacial score (nSPS) is 13.2. The third-order valence-electron chi connectivity index (χ3n) is 1.61. The van der Waals surface area contributed by atoms with Crippen molar-refractivity contribution < 1.29 is 24.4 Å². The summed E-state index contributed by atoms with van der Waals surface area (Å²) in [6.45, 7) is 5.28. The summed E-state index contributed by atoms with van der Waals surface area (Å²) in [5, 5.41) is 0. The van der Waals surface area contributed by atoms with Crippen molar-refractivity contribution in [1.29, 1.82) is 0 Å². The molecule has 0 rings (SSSR count). The predicted octanol–water partition coefficient (Wildman–Crippen LogP) is 0.511. The highest BCUT2D eigenvalue weighted by molar-refractivity contribution is 4.41. The van der Waals surface area contributed by atoms with Gasteiger partial charge in [-0.05, 0) is 13.8 Å². The Labute approximate surface area is 93.0 Å². The van der Waals surface area contributed by atoms with Crippen LogP contribution >= 0.6 is 0 Å². The van der Waals surface area contributed by atoms with Crippen molar-refractivity contribution in [2.24, 2.45) is 0 Å². The van der Waals surface area contributed by atoms with Crippen LogP contribution < -0.4 is 0 Å². The molecule has 2 unspecified atom stereocenters. The Bertz CT molecular complexity index is 87.8. The molecule has 0 aromatic carbocycles. The molecule has 0 fully saturated rings. The Hall–Kier alpha value is -0.200. The zero-order chi connectivity index (χ0) is 11.4. The van der Waals surface area contributed by atoms with E-state index in [2.05, 4.69) is 0 Å². The van der Waals surface area contributed by atoms with E-state index in [1.54, 1.807) is 28.4 Å². The van der Waals surface area contributed by atoms with E-state index in [-0.39, 0.29) is 17.7 Å². The van der Waals surface area contributed by atoms with Crippen molar-refractivity contribution in [2.75, 3.05) is 41.7 Å². The summed E-state index contributed by atoms with van der Waals surface area (Å²) in [7, 11) is 6.67. The summed E-state index contributed by atoms with van der Waals surface area (Å²) < 4.78 is 19.3. The molecule has 5 heteroatoms. The molecule has 5 nitrogen and oxygen atoms in total. The Morgan fingerprint density at radius 2 is 1.00 bits per heavy atom. The highest BCUT2D eigenvalue weighted by Gasteiger charge is 1.93. The van der Waals surface area contributed by atoms with Crippen LogP contribution in [0.4, 0.5) is 0 Å². The summed E-state index contributed by atoms with van der Waals surface area (Å²) in [4.78, 5) is 0. The Morgan fingerprint density at radius 1 is 0.733 bits per heavy atom. The second-order valence-corrected chi connectivity index (χ2v) is 3.00. The monoisotopic (exact) mass is 226 g/mol. The quantitative estimate of drug-likeness (QED) is 0.661. The van der Waals surface area contributed by atoms with E-state index in [0.717, 1.165) is 0 Å². The van der Waals surface area contributed by atoms with Crippen molar-refractivity contribution in [3.05, 3.63) is 0 Å². The lowest BCUT2D eigenvalue weighted by Crippen LogP contribution is -2.11. The van der Waals surface area contributed by atoms with Gasteiger partial charge in [-0.15, -0.1) is 0 Å². The molecule has 0 saturated heterocycles. The molecule has 0 spiro atoms. The molecular weight excluding hydrogens is 200 g/mol. The van der Waals surface area contributed by atoms with Crippen LogP contribution in [0.1, 0.15) is 13.8 Å². The van der Waals surface area contributed by atoms with Crippen LogP contribution in [0.25, 0.3) is 0 Å². The maximum absolute atomic E-state index is 4.87. The van der Waals surface area contributed by atoms with E-state index in [4.69, 9.17) is 18.9 Å². The van der Waals surface area contributed by atoms with Gasteiger partial charge in [-0.3, -0.25) is 0 Å². The van der Waals surface area contributed by atoms with Crippen molar-refractivity contribution in [3.63, 3.8) is 0 Å². The number of ether oxygens (including phenoxy) is 4. The molecule has 0 heterocycles. The highest BCUT2D eigenvalue weighted by Crippen LogP contribution is 1.85. The second kappa shape index (κ2) is 16.2. The summed E-state index contributed by atoms with van der Waals surface area (Å²) in [6.07, 6.45) is 0.454. The van der Waals surface area contributed by atoms with Crippen molar-refractivity contribution in [1.82, 2.24) is 0 Å². The summed E-state index contributed by atoms with van der Waals surface area (Å²) >= 11 is 0. The third-order valence-corrected chi connectivity index (χ3v) is 1.61. The van der Waals surface area contributed by atoms with Gasteiger partial charge < -0.3 is 24.4 Å². The molecule has 0 amide bonds. The number of hydrogen-bond donors (Lipinski definition) is 0. The fourth-order valence-corrected chi connectivity index (χ4v) is 0.605. The lowest BCUT2D eigenvalue weighted by atomic mass is 10.4. The van der Waals surface area contributed by atoms with E-state index >= 15 is 0 Å². The van der Waals surface area contributed by atoms with E-state index in [9.17, 15) is 0 Å². The van der Waals surface area contributed by atoms with Gasteiger partial charge in [-0.25, -0.2) is 0 Å². The zero-order valence-corrected chi connectivity index (χ0v) is 10.7. The molecule has 0 aromatic rings. The van der Waals surface area contributed by atoms with E-state index in [1.807, 2.05) is 13.8 Å². The largest absolute Gasteiger partial charge is 0.412 e. The molecule has 0 aliphatic heterocycles. The van der Waals surface area contributed by atoms with Gasteiger partial charge in [-0.2, -0.15) is 0 Å². The van der Waals surface area contributed by atoms with Crippen molar-refractivity contribution >= 4 is 0 Å². The minimum Gasteiger partial charge on any atom is -0.412 e. The molecule has 0 aliphatic rings. The lowest BCUT2D eigenvalue weighted by Gasteiger charge is -2.05. The van der Waals surface area contributed by atoms with Crippen LogP contribution in [0.5, 0.6) is 0 Å². The maximum atomic E-state index is 4.87. The van der Waals surface area contributed by atoms with Crippen LogP contribution in [-0.4, -0.2) is 59.3 Å². The van der Waals surface area contributed by atoms with Crippen molar-refractivity contribution in [2.45, 2.75) is 26.1 Å². The minimum absolute atomic E-state index is 0. The lowest BCUT2D eigenvalue weighted by molar-refractivity contribution is 0.0401. The number of methoxy groups -OCH3 is 4. The van der Waals surface area contributed by atoms with E-state index in [0.29, 0.717) is 13.2 Å². The Kier molecular flexibility index (Phi) is 21.9. The fraction of sp³-hybridized carbons (Fsp3) is 1.00. The molecule has 0 saturated carbocycles. The first-order chi connectivity index (χ1) is 6.62. The highest BCUT2D eigenvalue weighted by atomic mass is 16.5. The van der Waals surface area contributed by atoms with Crippen LogP contribution in [-0.2, 0) is 18.9 Å². The van der Waals surface area contributed by atoms with E-state index in [1.165, 1.54) is 0 Å². The molecule has 15 heavy (non-hydrogen) atoms. The van der Waals surface area contributed by atoms with Gasteiger partial charge >= 0.3 is 0 Å². The Morgan fingerprint density at radius 3 is 1.07 bits per heavy atom. The van der Waals surface area contributed by atoms with Gasteiger partial charge in [0.05, 0.1) is 25.4 Å². The van der Waals surface area contributed by atoms with Gasteiger partial charge in [0.15, 0.2) is 0 Å². The van der Waals surface area contributed by atoms with E-state index < -0.39 is 0 Å². The minimum atomic E-state index is 0. The fourth-order valence-electron chi connectivity index (χ4n) is 0.605. The summed E-state index contributed by atoms with van der Waals surface area (Å²) in [6, 6.07) is 0. The standard InChI is InChI=1S/2C5H12O2.H2O/c2*1-5(7-3)4-6-2;/h2*5H,4H2,1-3H3;1H2. The van der Waals surface area contributed by atoms with Crippen LogP contribution in [0.2, 0.25) is 0 Å². The first-order valence-corrected chi connectivity index (χ1v) is 4.65. The van der Waals surface area contributed by atoms with Gasteiger partial charge in [0, 0.05) is 28.4 Å². The van der Waals surface area contributed by atoms with Gasteiger partial charge in [0.25, 0.3) is 0 Å². The molecular formula is C10H26O5. The molecule has 0 bridgehead atoms. The molecule has 2 atom stereocenters. The van der Waals surface area contributed by atoms with Crippen LogP contribution in [0, 0.1) is 0 Å². The third kappa shape index (κ3) is 20.0. The first-order valence-electron chi connectivity index (χ1n) is 4.65. The second-order valence-electron chi connectivity index (χ2n) is 3.00. The molecule has 0 radical (unpaired) electrons. The van der Waals surface area contributed by atoms with Gasteiger partial charge in [0.1, 0.15) is 0 Å². The number of hydrogen-bond acceptors (Lipinski definition) is 4. The Balaban J connectivity index is -0.000000180. The molecule has 0 aliphatic carbocycles. The van der Waals surface area contributed by atoms with Gasteiger partial charge in [0.2, 0.25) is 0 Å². The average Bonchev–Trinajstić information content (AvgIpc) is 2.19. The first kappa shape index (κ1) is 20.2. The zero-order valence-electron chi connectivity index (χ0n) is 10.7.